The Labute approximate surface area is 164 Å². The Balaban J connectivity index is 0. The Morgan fingerprint density at radius 1 is 0.692 bits per heavy atom. The lowest BCUT2D eigenvalue weighted by atomic mass is 10.0. The van der Waals surface area contributed by atoms with Crippen molar-refractivity contribution in [2.24, 2.45) is 0 Å². The lowest BCUT2D eigenvalue weighted by molar-refractivity contribution is -0.870. The highest BCUT2D eigenvalue weighted by Crippen LogP contribution is 2.13. The number of hydrogen-bond acceptors (Lipinski definition) is 3. The normalized spacial score (nSPS) is 11.9. The summed E-state index contributed by atoms with van der Waals surface area (Å²) in [5.41, 5.74) is 0. The van der Waals surface area contributed by atoms with Gasteiger partial charge in [0, 0.05) is 0 Å². The largest absolute Gasteiger partial charge is 0.397 e. The third-order valence-electron chi connectivity index (χ3n) is 4.39. The van der Waals surface area contributed by atoms with Crippen LogP contribution in [0.4, 0.5) is 0 Å². The molecule has 1 N–H and O–H groups in total. The lowest BCUT2D eigenvalue weighted by Gasteiger charge is -2.23. The van der Waals surface area contributed by atoms with E-state index in [-0.39, 0.29) is 0 Å². The predicted octanol–water partition coefficient (Wildman–Crippen LogP) is 5.61. The molecule has 0 saturated heterocycles. The molecule has 0 atom stereocenters. The Hall–Kier alpha value is -0.170. The molecule has 0 bridgehead atoms. The lowest BCUT2D eigenvalue weighted by Crippen LogP contribution is -2.35. The number of quaternary nitrogens is 1. The van der Waals surface area contributed by atoms with E-state index in [4.69, 9.17) is 4.55 Å². The minimum absolute atomic E-state index is 0.870. The van der Waals surface area contributed by atoms with E-state index in [9.17, 15) is 8.42 Å². The number of rotatable bonds is 16. The molecule has 0 rings (SSSR count). The molecule has 6 heteroatoms. The van der Waals surface area contributed by atoms with E-state index in [1.165, 1.54) is 96.4 Å². The van der Waals surface area contributed by atoms with Crippen LogP contribution in [0.5, 0.6) is 0 Å². The van der Waals surface area contributed by atoms with Gasteiger partial charge in [-0.2, -0.15) is 8.42 Å². The van der Waals surface area contributed by atoms with Gasteiger partial charge in [0.05, 0.1) is 34.8 Å². The Morgan fingerprint density at radius 2 is 0.962 bits per heavy atom. The molecule has 0 aliphatic heterocycles. The van der Waals surface area contributed by atoms with E-state index in [1.54, 1.807) is 0 Å². The van der Waals surface area contributed by atoms with Crippen molar-refractivity contribution in [3.8, 4) is 0 Å². The van der Waals surface area contributed by atoms with E-state index in [2.05, 4.69) is 32.2 Å². The van der Waals surface area contributed by atoms with E-state index in [0.29, 0.717) is 0 Å². The molecule has 0 aromatic heterocycles. The summed E-state index contributed by atoms with van der Waals surface area (Å²) >= 11 is 0. The average Bonchev–Trinajstić information content (AvgIpc) is 2.54. The molecule has 0 fully saturated rings. The van der Waals surface area contributed by atoms with Gasteiger partial charge in [-0.3, -0.25) is 8.74 Å². The first-order chi connectivity index (χ1) is 12.1. The standard InChI is InChI=1S/C19H42N.CH4O4S/c1-5-6-7-8-9-10-11-12-13-14-15-16-17-18-19-20(2,3)4;1-5-6(2,3)4/h5-19H2,1-4H3;1H3,(H,2,3,4)/q+1;. The molecule has 0 unspecified atom stereocenters. The van der Waals surface area contributed by atoms with Crippen molar-refractivity contribution in [2.45, 2.75) is 96.8 Å². The highest BCUT2D eigenvalue weighted by Gasteiger charge is 2.04. The van der Waals surface area contributed by atoms with Crippen LogP contribution in [0.1, 0.15) is 96.8 Å². The average molecular weight is 397 g/mol. The molecule has 0 amide bonds. The summed E-state index contributed by atoms with van der Waals surface area (Å²) in [5.74, 6) is 0. The first kappa shape index (κ1) is 28.0. The zero-order valence-corrected chi connectivity index (χ0v) is 19.0. The molecule has 0 aromatic carbocycles. The number of unbranched alkanes of at least 4 members (excludes halogenated alkanes) is 13. The monoisotopic (exact) mass is 396 g/mol. The van der Waals surface area contributed by atoms with Crippen molar-refractivity contribution in [1.29, 1.82) is 0 Å². The summed E-state index contributed by atoms with van der Waals surface area (Å²) in [7, 11) is 3.59. The second kappa shape index (κ2) is 18.2. The van der Waals surface area contributed by atoms with Crippen molar-refractivity contribution >= 4 is 10.4 Å². The maximum atomic E-state index is 9.33. The maximum Gasteiger partial charge on any atom is 0.397 e. The summed E-state index contributed by atoms with van der Waals surface area (Å²) < 4.78 is 30.8. The maximum absolute atomic E-state index is 9.33. The van der Waals surface area contributed by atoms with Gasteiger partial charge in [0.1, 0.15) is 0 Å². The molecule has 0 aliphatic carbocycles. The van der Waals surface area contributed by atoms with Gasteiger partial charge in [0.25, 0.3) is 0 Å². The predicted molar refractivity (Wildman–Crippen MR) is 112 cm³/mol. The van der Waals surface area contributed by atoms with E-state index < -0.39 is 10.4 Å². The molecule has 0 saturated carbocycles. The minimum atomic E-state index is -4.16. The van der Waals surface area contributed by atoms with Gasteiger partial charge < -0.3 is 4.48 Å². The van der Waals surface area contributed by atoms with Crippen LogP contribution < -0.4 is 0 Å². The van der Waals surface area contributed by atoms with E-state index >= 15 is 0 Å². The fraction of sp³-hybridized carbons (Fsp3) is 1.00. The summed E-state index contributed by atoms with van der Waals surface area (Å²) in [4.78, 5) is 0. The Kier molecular flexibility index (Phi) is 19.6. The molecular formula is C20H46NO4S+. The molecule has 26 heavy (non-hydrogen) atoms. The van der Waals surface area contributed by atoms with Gasteiger partial charge in [-0.15, -0.1) is 0 Å². The van der Waals surface area contributed by atoms with E-state index in [0.717, 1.165) is 11.6 Å². The van der Waals surface area contributed by atoms with Gasteiger partial charge in [-0.1, -0.05) is 84.0 Å². The number of nitrogens with zero attached hydrogens (tertiary/aromatic N) is 1. The topological polar surface area (TPSA) is 63.6 Å². The smallest absolute Gasteiger partial charge is 0.331 e. The second-order valence-electron chi connectivity index (χ2n) is 8.20. The summed E-state index contributed by atoms with van der Waals surface area (Å²) in [6, 6.07) is 0. The Morgan fingerprint density at radius 3 is 1.19 bits per heavy atom. The quantitative estimate of drug-likeness (QED) is 0.209. The molecule has 5 nitrogen and oxygen atoms in total. The molecular weight excluding hydrogens is 350 g/mol. The number of hydrogen-bond donors (Lipinski definition) is 1. The first-order valence-electron chi connectivity index (χ1n) is 10.5. The molecule has 0 aromatic rings. The highest BCUT2D eigenvalue weighted by atomic mass is 32.3. The third-order valence-corrected chi connectivity index (χ3v) is 4.81. The second-order valence-corrected chi connectivity index (χ2v) is 9.39. The zero-order valence-electron chi connectivity index (χ0n) is 18.1. The summed E-state index contributed by atoms with van der Waals surface area (Å²) in [6.45, 7) is 3.63. The van der Waals surface area contributed by atoms with Crippen LogP contribution in [0.3, 0.4) is 0 Å². The summed E-state index contributed by atoms with van der Waals surface area (Å²) in [6.07, 6.45) is 20.4. The van der Waals surface area contributed by atoms with Gasteiger partial charge in [-0.25, -0.2) is 0 Å². The van der Waals surface area contributed by atoms with Gasteiger partial charge >= 0.3 is 10.4 Å². The fourth-order valence-corrected chi connectivity index (χ4v) is 2.78. The van der Waals surface area contributed by atoms with Crippen molar-refractivity contribution in [3.05, 3.63) is 0 Å². The van der Waals surface area contributed by atoms with Crippen LogP contribution in [0.2, 0.25) is 0 Å². The van der Waals surface area contributed by atoms with Gasteiger partial charge in [0.2, 0.25) is 0 Å². The van der Waals surface area contributed by atoms with Crippen molar-refractivity contribution < 1.29 is 21.6 Å². The van der Waals surface area contributed by atoms with Crippen molar-refractivity contribution in [2.75, 3.05) is 34.8 Å². The van der Waals surface area contributed by atoms with Gasteiger partial charge in [-0.05, 0) is 12.8 Å². The van der Waals surface area contributed by atoms with Crippen molar-refractivity contribution in [1.82, 2.24) is 0 Å². The third kappa shape index (κ3) is 31.6. The van der Waals surface area contributed by atoms with Crippen LogP contribution in [-0.4, -0.2) is 52.3 Å². The molecule has 0 aliphatic rings. The Bertz CT molecular complexity index is 378. The van der Waals surface area contributed by atoms with Crippen molar-refractivity contribution in [3.63, 3.8) is 0 Å². The minimum Gasteiger partial charge on any atom is -0.331 e. The molecule has 0 radical (unpaired) electrons. The summed E-state index contributed by atoms with van der Waals surface area (Å²) in [5, 5.41) is 0. The highest BCUT2D eigenvalue weighted by molar-refractivity contribution is 7.80. The van der Waals surface area contributed by atoms with Crippen LogP contribution in [0.25, 0.3) is 0 Å². The SMILES string of the molecule is CCCCCCCCCCCCCCCC[N+](C)(C)C.COS(=O)(=O)O. The molecule has 0 heterocycles. The van der Waals surface area contributed by atoms with Gasteiger partial charge in [0.15, 0.2) is 0 Å². The van der Waals surface area contributed by atoms with Crippen LogP contribution >= 0.6 is 0 Å². The fourth-order valence-electron chi connectivity index (χ4n) is 2.78. The molecule has 0 spiro atoms. The molecule has 160 valence electrons. The first-order valence-corrected chi connectivity index (χ1v) is 11.8. The van der Waals surface area contributed by atoms with Crippen LogP contribution in [0.15, 0.2) is 0 Å². The zero-order chi connectivity index (χ0) is 20.3. The van der Waals surface area contributed by atoms with Crippen LogP contribution in [-0.2, 0) is 14.6 Å². The van der Waals surface area contributed by atoms with E-state index in [1.807, 2.05) is 0 Å². The van der Waals surface area contributed by atoms with Crippen LogP contribution in [0, 0.1) is 0 Å².